The summed E-state index contributed by atoms with van der Waals surface area (Å²) in [5, 5.41) is 0. The Morgan fingerprint density at radius 3 is 2.48 bits per heavy atom. The summed E-state index contributed by atoms with van der Waals surface area (Å²) in [6.45, 7) is 5.17. The Morgan fingerprint density at radius 1 is 1.14 bits per heavy atom. The molecule has 1 aromatic heterocycles. The van der Waals surface area contributed by atoms with Gasteiger partial charge < -0.3 is 20.5 Å². The summed E-state index contributed by atoms with van der Waals surface area (Å²) in [4.78, 5) is 23.0. The van der Waals surface area contributed by atoms with E-state index in [4.69, 9.17) is 5.73 Å². The van der Waals surface area contributed by atoms with Crippen LogP contribution in [0.3, 0.4) is 0 Å². The van der Waals surface area contributed by atoms with Crippen molar-refractivity contribution in [3.05, 3.63) is 46.5 Å². The minimum absolute atomic E-state index is 0.104. The van der Waals surface area contributed by atoms with Gasteiger partial charge in [0, 0.05) is 32.2 Å². The highest BCUT2D eigenvalue weighted by Crippen LogP contribution is 2.24. The Hall–Kier alpha value is -2.50. The number of nitrogen functional groups attached to an aromatic ring is 1. The van der Waals surface area contributed by atoms with Crippen LogP contribution in [0, 0.1) is 6.92 Å². The molecule has 0 spiro atoms. The molecule has 6 nitrogen and oxygen atoms in total. The fraction of sp³-hybridized carbons (Fsp3) is 0.333. The summed E-state index contributed by atoms with van der Waals surface area (Å²) in [7, 11) is 0. The highest BCUT2D eigenvalue weighted by Gasteiger charge is 2.19. The average molecular weight is 285 g/mol. The Bertz CT molecular complexity index is 688. The highest BCUT2D eigenvalue weighted by atomic mass is 16.1. The van der Waals surface area contributed by atoms with Gasteiger partial charge in [-0.25, -0.2) is 4.98 Å². The van der Waals surface area contributed by atoms with Crippen molar-refractivity contribution in [2.75, 3.05) is 41.7 Å². The van der Waals surface area contributed by atoms with Gasteiger partial charge in [0.05, 0.1) is 11.4 Å². The number of piperazine rings is 1. The average Bonchev–Trinajstić information content (AvgIpc) is 2.47. The van der Waals surface area contributed by atoms with Crippen LogP contribution in [0.1, 0.15) is 5.82 Å². The molecule has 1 saturated heterocycles. The number of rotatable bonds is 2. The van der Waals surface area contributed by atoms with Gasteiger partial charge in [-0.3, -0.25) is 4.79 Å². The summed E-state index contributed by atoms with van der Waals surface area (Å²) < 4.78 is 0. The lowest BCUT2D eigenvalue weighted by Crippen LogP contribution is -2.47. The number of aromatic nitrogens is 2. The van der Waals surface area contributed by atoms with E-state index in [9.17, 15) is 4.79 Å². The minimum Gasteiger partial charge on any atom is -0.397 e. The maximum atomic E-state index is 11.5. The number of benzene rings is 1. The number of nitrogens with one attached hydrogen (secondary N) is 1. The Morgan fingerprint density at radius 2 is 1.81 bits per heavy atom. The third-order valence-electron chi connectivity index (χ3n) is 3.73. The molecule has 1 fully saturated rings. The van der Waals surface area contributed by atoms with E-state index in [-0.39, 0.29) is 5.56 Å². The molecule has 110 valence electrons. The van der Waals surface area contributed by atoms with Crippen molar-refractivity contribution in [3.63, 3.8) is 0 Å². The molecular weight excluding hydrogens is 266 g/mol. The monoisotopic (exact) mass is 285 g/mol. The molecule has 2 aromatic rings. The molecule has 0 atom stereocenters. The second kappa shape index (κ2) is 5.47. The van der Waals surface area contributed by atoms with Gasteiger partial charge in [-0.05, 0) is 19.1 Å². The Labute approximate surface area is 123 Å². The standard InChI is InChI=1S/C15H19N5O/c1-11-17-14(10-15(21)18-11)20-8-6-19(7-9-20)13-5-3-2-4-12(13)16/h2-5,10H,6-9,16H2,1H3,(H,17,18,21). The second-order valence-corrected chi connectivity index (χ2v) is 5.22. The number of H-pyrrole nitrogens is 1. The fourth-order valence-corrected chi connectivity index (χ4v) is 2.68. The van der Waals surface area contributed by atoms with Crippen LogP contribution < -0.4 is 21.1 Å². The number of hydrogen-bond acceptors (Lipinski definition) is 5. The van der Waals surface area contributed by atoms with Gasteiger partial charge in [-0.1, -0.05) is 12.1 Å². The number of anilines is 3. The molecule has 2 heterocycles. The van der Waals surface area contributed by atoms with Crippen molar-refractivity contribution in [1.29, 1.82) is 0 Å². The number of nitrogens with two attached hydrogens (primary N) is 1. The highest BCUT2D eigenvalue weighted by molar-refractivity contribution is 5.67. The molecule has 0 aliphatic carbocycles. The maximum absolute atomic E-state index is 11.5. The van der Waals surface area contributed by atoms with Gasteiger partial charge in [0.2, 0.25) is 0 Å². The molecule has 0 saturated carbocycles. The quantitative estimate of drug-likeness (QED) is 0.804. The molecule has 0 bridgehead atoms. The third-order valence-corrected chi connectivity index (χ3v) is 3.73. The van der Waals surface area contributed by atoms with E-state index in [1.165, 1.54) is 0 Å². The molecule has 1 aliphatic heterocycles. The van der Waals surface area contributed by atoms with Gasteiger partial charge in [0.15, 0.2) is 0 Å². The van der Waals surface area contributed by atoms with Gasteiger partial charge >= 0.3 is 0 Å². The fourth-order valence-electron chi connectivity index (χ4n) is 2.68. The Balaban J connectivity index is 1.73. The predicted molar refractivity (Wildman–Crippen MR) is 84.9 cm³/mol. The molecule has 1 aliphatic rings. The summed E-state index contributed by atoms with van der Waals surface area (Å²) >= 11 is 0. The lowest BCUT2D eigenvalue weighted by atomic mass is 10.2. The smallest absolute Gasteiger partial charge is 0.252 e. The predicted octanol–water partition coefficient (Wildman–Crippen LogP) is 0.987. The first kappa shape index (κ1) is 13.5. The van der Waals surface area contributed by atoms with Gasteiger partial charge in [-0.15, -0.1) is 0 Å². The lowest BCUT2D eigenvalue weighted by Gasteiger charge is -2.37. The molecular formula is C15H19N5O. The molecule has 3 rings (SSSR count). The summed E-state index contributed by atoms with van der Waals surface area (Å²) in [6, 6.07) is 9.46. The topological polar surface area (TPSA) is 78.2 Å². The normalized spacial score (nSPS) is 15.3. The summed E-state index contributed by atoms with van der Waals surface area (Å²) in [6.07, 6.45) is 0. The van der Waals surface area contributed by atoms with Crippen LogP contribution in [-0.2, 0) is 0 Å². The van der Waals surface area contributed by atoms with Crippen LogP contribution in [-0.4, -0.2) is 36.1 Å². The van der Waals surface area contributed by atoms with Crippen LogP contribution in [0.5, 0.6) is 0 Å². The summed E-state index contributed by atoms with van der Waals surface area (Å²) in [5.74, 6) is 1.39. The van der Waals surface area contributed by atoms with E-state index in [0.717, 1.165) is 43.4 Å². The van der Waals surface area contributed by atoms with Gasteiger partial charge in [-0.2, -0.15) is 0 Å². The van der Waals surface area contributed by atoms with Gasteiger partial charge in [0.25, 0.3) is 5.56 Å². The zero-order valence-electron chi connectivity index (χ0n) is 12.0. The largest absolute Gasteiger partial charge is 0.397 e. The van der Waals surface area contributed by atoms with Crippen LogP contribution >= 0.6 is 0 Å². The first-order valence-electron chi connectivity index (χ1n) is 7.06. The molecule has 3 N–H and O–H groups in total. The van der Waals surface area contributed by atoms with Crippen molar-refractivity contribution in [2.24, 2.45) is 0 Å². The van der Waals surface area contributed by atoms with Crippen LogP contribution in [0.4, 0.5) is 17.2 Å². The zero-order valence-corrected chi connectivity index (χ0v) is 12.0. The van der Waals surface area contributed by atoms with Crippen molar-refractivity contribution in [3.8, 4) is 0 Å². The first-order valence-corrected chi connectivity index (χ1v) is 7.06. The lowest BCUT2D eigenvalue weighted by molar-refractivity contribution is 0.646. The third kappa shape index (κ3) is 2.84. The summed E-state index contributed by atoms with van der Waals surface area (Å²) in [5.41, 5.74) is 7.80. The molecule has 0 radical (unpaired) electrons. The van der Waals surface area contributed by atoms with E-state index in [1.807, 2.05) is 24.3 Å². The van der Waals surface area contributed by atoms with Crippen LogP contribution in [0.25, 0.3) is 0 Å². The number of para-hydroxylation sites is 2. The molecule has 1 aromatic carbocycles. The zero-order chi connectivity index (χ0) is 14.8. The van der Waals surface area contributed by atoms with E-state index in [2.05, 4.69) is 19.8 Å². The molecule has 0 amide bonds. The number of aryl methyl sites for hydroxylation is 1. The number of nitrogens with zero attached hydrogens (tertiary/aromatic N) is 3. The van der Waals surface area contributed by atoms with Crippen molar-refractivity contribution < 1.29 is 0 Å². The number of hydrogen-bond donors (Lipinski definition) is 2. The van der Waals surface area contributed by atoms with Crippen molar-refractivity contribution in [2.45, 2.75) is 6.92 Å². The Kier molecular flexibility index (Phi) is 3.51. The molecule has 21 heavy (non-hydrogen) atoms. The van der Waals surface area contributed by atoms with E-state index in [0.29, 0.717) is 5.82 Å². The van der Waals surface area contributed by atoms with E-state index >= 15 is 0 Å². The van der Waals surface area contributed by atoms with E-state index < -0.39 is 0 Å². The van der Waals surface area contributed by atoms with Crippen molar-refractivity contribution in [1.82, 2.24) is 9.97 Å². The minimum atomic E-state index is -0.104. The molecule has 6 heteroatoms. The SMILES string of the molecule is Cc1nc(N2CCN(c3ccccc3N)CC2)cc(=O)[nH]1. The van der Waals surface area contributed by atoms with Gasteiger partial charge in [0.1, 0.15) is 11.6 Å². The van der Waals surface area contributed by atoms with Crippen molar-refractivity contribution >= 4 is 17.2 Å². The molecule has 0 unspecified atom stereocenters. The maximum Gasteiger partial charge on any atom is 0.252 e. The first-order chi connectivity index (χ1) is 10.1. The number of aromatic amines is 1. The van der Waals surface area contributed by atoms with Crippen LogP contribution in [0.2, 0.25) is 0 Å². The van der Waals surface area contributed by atoms with Crippen LogP contribution in [0.15, 0.2) is 35.1 Å². The van der Waals surface area contributed by atoms with E-state index in [1.54, 1.807) is 13.0 Å². The second-order valence-electron chi connectivity index (χ2n) is 5.22.